The largest absolute Gasteiger partial charge is 0.785 e. The van der Waals surface area contributed by atoms with Crippen LogP contribution in [0.4, 0.5) is 13.2 Å². The smallest absolute Gasteiger partial charge is 0.416 e. The fraction of sp³-hybridized carbons (Fsp3) is 0.500. The fourth-order valence-electron chi connectivity index (χ4n) is 4.08. The summed E-state index contributed by atoms with van der Waals surface area (Å²) in [4.78, 5) is 4.49. The number of hydrogen-bond donors (Lipinski definition) is 0. The third-order valence-electron chi connectivity index (χ3n) is 6.17. The second-order valence-corrected chi connectivity index (χ2v) is 9.28. The third kappa shape index (κ3) is 9.39. The molecule has 0 bridgehead atoms. The van der Waals surface area contributed by atoms with Gasteiger partial charge in [-0.1, -0.05) is 87.7 Å². The molecule has 5 nitrogen and oxygen atoms in total. The number of hydroxylamine groups is 2. The molecule has 0 spiro atoms. The standard InChI is InChI=1S/C28H35F3N3O2/c1-2-3-4-5-6-7-8-9-10-11-26-32-27(36-33-26)24-16-12-22(13-17-24)20-34(35)21-23-14-18-25(19-15-23)28(29,30)31/h12-19H,2-11,20-21H2,1H3/q-1. The zero-order chi connectivity index (χ0) is 25.8. The van der Waals surface area contributed by atoms with Gasteiger partial charge in [-0.3, -0.25) is 0 Å². The topological polar surface area (TPSA) is 65.2 Å². The molecular weight excluding hydrogens is 467 g/mol. The Labute approximate surface area is 211 Å². The molecule has 0 unspecified atom stereocenters. The number of hydrogen-bond acceptors (Lipinski definition) is 5. The minimum absolute atomic E-state index is 0.00572. The lowest BCUT2D eigenvalue weighted by Crippen LogP contribution is -2.15. The van der Waals surface area contributed by atoms with Crippen molar-refractivity contribution in [3.05, 3.63) is 76.3 Å². The summed E-state index contributed by atoms with van der Waals surface area (Å²) >= 11 is 0. The van der Waals surface area contributed by atoms with Crippen molar-refractivity contribution < 1.29 is 17.7 Å². The van der Waals surface area contributed by atoms with E-state index in [-0.39, 0.29) is 13.1 Å². The number of halogens is 3. The van der Waals surface area contributed by atoms with Gasteiger partial charge in [0.2, 0.25) is 0 Å². The summed E-state index contributed by atoms with van der Waals surface area (Å²) < 4.78 is 43.4. The summed E-state index contributed by atoms with van der Waals surface area (Å²) in [7, 11) is 0. The highest BCUT2D eigenvalue weighted by molar-refractivity contribution is 5.53. The van der Waals surface area contributed by atoms with Gasteiger partial charge in [0.05, 0.1) is 5.56 Å². The first kappa shape index (κ1) is 27.9. The van der Waals surface area contributed by atoms with Crippen LogP contribution in [0.3, 0.4) is 0 Å². The van der Waals surface area contributed by atoms with Gasteiger partial charge in [0.15, 0.2) is 5.82 Å². The number of aryl methyl sites for hydroxylation is 1. The first-order valence-electron chi connectivity index (χ1n) is 12.8. The second kappa shape index (κ2) is 14.1. The van der Waals surface area contributed by atoms with E-state index < -0.39 is 11.7 Å². The minimum Gasteiger partial charge on any atom is -0.785 e. The lowest BCUT2D eigenvalue weighted by molar-refractivity contribution is -0.137. The molecule has 0 atom stereocenters. The predicted octanol–water partition coefficient (Wildman–Crippen LogP) is 8.33. The van der Waals surface area contributed by atoms with E-state index in [0.29, 0.717) is 17.3 Å². The maximum absolute atomic E-state index is 12.7. The number of unbranched alkanes of at least 4 members (excludes halogenated alkanes) is 8. The van der Waals surface area contributed by atoms with E-state index in [1.54, 1.807) is 0 Å². The molecule has 1 aromatic heterocycles. The van der Waals surface area contributed by atoms with Crippen LogP contribution in [0.15, 0.2) is 53.1 Å². The third-order valence-corrected chi connectivity index (χ3v) is 6.17. The van der Waals surface area contributed by atoms with E-state index in [1.165, 1.54) is 63.5 Å². The number of alkyl halides is 3. The zero-order valence-corrected chi connectivity index (χ0v) is 20.9. The lowest BCUT2D eigenvalue weighted by atomic mass is 10.1. The molecule has 196 valence electrons. The van der Waals surface area contributed by atoms with E-state index in [1.807, 2.05) is 24.3 Å². The quantitative estimate of drug-likeness (QED) is 0.154. The van der Waals surface area contributed by atoms with Gasteiger partial charge in [0.25, 0.3) is 5.89 Å². The second-order valence-electron chi connectivity index (χ2n) is 9.28. The van der Waals surface area contributed by atoms with Crippen LogP contribution in [0.1, 0.15) is 87.2 Å². The maximum atomic E-state index is 12.7. The molecule has 0 saturated heterocycles. The van der Waals surface area contributed by atoms with Crippen LogP contribution < -0.4 is 0 Å². The Balaban J connectivity index is 1.39. The molecule has 36 heavy (non-hydrogen) atoms. The molecule has 3 aromatic rings. The molecular formula is C28H35F3N3O2-. The van der Waals surface area contributed by atoms with Crippen molar-refractivity contribution in [2.45, 2.75) is 90.4 Å². The van der Waals surface area contributed by atoms with E-state index >= 15 is 0 Å². The molecule has 0 amide bonds. The normalized spacial score (nSPS) is 11.9. The van der Waals surface area contributed by atoms with Gasteiger partial charge in [-0.25, -0.2) is 0 Å². The number of rotatable bonds is 15. The minimum atomic E-state index is -4.39. The molecule has 0 N–H and O–H groups in total. The summed E-state index contributed by atoms with van der Waals surface area (Å²) in [5, 5.41) is 17.2. The Bertz CT molecular complexity index is 1020. The first-order valence-corrected chi connectivity index (χ1v) is 12.8. The summed E-state index contributed by atoms with van der Waals surface area (Å²) in [6.07, 6.45) is 7.80. The van der Waals surface area contributed by atoms with Gasteiger partial charge >= 0.3 is 6.18 Å². The molecule has 3 rings (SSSR count). The van der Waals surface area contributed by atoms with Crippen molar-refractivity contribution >= 4 is 0 Å². The molecule has 0 aliphatic carbocycles. The van der Waals surface area contributed by atoms with E-state index in [2.05, 4.69) is 17.1 Å². The highest BCUT2D eigenvalue weighted by atomic mass is 19.4. The van der Waals surface area contributed by atoms with Gasteiger partial charge in [-0.15, -0.1) is 0 Å². The van der Waals surface area contributed by atoms with E-state index in [0.717, 1.165) is 41.2 Å². The van der Waals surface area contributed by atoms with Crippen LogP contribution in [-0.2, 0) is 25.7 Å². The molecule has 0 aliphatic heterocycles. The van der Waals surface area contributed by atoms with Crippen LogP contribution in [-0.4, -0.2) is 15.2 Å². The maximum Gasteiger partial charge on any atom is 0.416 e. The molecule has 0 aliphatic rings. The molecule has 0 fully saturated rings. The Morgan fingerprint density at radius 3 is 1.86 bits per heavy atom. The average molecular weight is 503 g/mol. The first-order chi connectivity index (χ1) is 17.3. The lowest BCUT2D eigenvalue weighted by Gasteiger charge is -2.28. The molecule has 2 aromatic carbocycles. The molecule has 0 saturated carbocycles. The average Bonchev–Trinajstić information content (AvgIpc) is 3.32. The molecule has 8 heteroatoms. The van der Waals surface area contributed by atoms with Crippen LogP contribution in [0.25, 0.3) is 11.5 Å². The van der Waals surface area contributed by atoms with E-state index in [4.69, 9.17) is 4.52 Å². The van der Waals surface area contributed by atoms with Crippen LogP contribution in [0.5, 0.6) is 0 Å². The Hall–Kier alpha value is -2.71. The molecule has 1 heterocycles. The Morgan fingerprint density at radius 1 is 0.778 bits per heavy atom. The van der Waals surface area contributed by atoms with Gasteiger partial charge in [-0.2, -0.15) is 18.2 Å². The van der Waals surface area contributed by atoms with Crippen molar-refractivity contribution in [3.63, 3.8) is 0 Å². The number of benzene rings is 2. The van der Waals surface area contributed by atoms with Crippen molar-refractivity contribution in [1.82, 2.24) is 15.2 Å². The van der Waals surface area contributed by atoms with Gasteiger partial charge < -0.3 is 14.8 Å². The van der Waals surface area contributed by atoms with Crippen molar-refractivity contribution in [2.75, 3.05) is 0 Å². The van der Waals surface area contributed by atoms with Gasteiger partial charge in [0.1, 0.15) is 0 Å². The Morgan fingerprint density at radius 2 is 1.31 bits per heavy atom. The number of aromatic nitrogens is 2. The monoisotopic (exact) mass is 502 g/mol. The SMILES string of the molecule is CCCCCCCCCCCc1noc(-c2ccc(CN([O-])Cc3ccc(C(F)(F)F)cc3)cc2)n1. The summed E-state index contributed by atoms with van der Waals surface area (Å²) in [6, 6.07) is 11.9. The summed E-state index contributed by atoms with van der Waals surface area (Å²) in [5.74, 6) is 1.16. The number of nitrogens with zero attached hydrogens (tertiary/aromatic N) is 3. The predicted molar refractivity (Wildman–Crippen MR) is 135 cm³/mol. The van der Waals surface area contributed by atoms with Crippen molar-refractivity contribution in [3.8, 4) is 11.5 Å². The van der Waals surface area contributed by atoms with E-state index in [9.17, 15) is 18.4 Å². The van der Waals surface area contributed by atoms with Gasteiger partial charge in [0, 0.05) is 25.1 Å². The van der Waals surface area contributed by atoms with Gasteiger partial charge in [-0.05, 0) is 41.8 Å². The summed E-state index contributed by atoms with van der Waals surface area (Å²) in [6.45, 7) is 2.36. The van der Waals surface area contributed by atoms with Crippen LogP contribution in [0.2, 0.25) is 0 Å². The van der Waals surface area contributed by atoms with Crippen molar-refractivity contribution in [2.24, 2.45) is 0 Å². The van der Waals surface area contributed by atoms with Crippen LogP contribution >= 0.6 is 0 Å². The zero-order valence-electron chi connectivity index (χ0n) is 20.9. The van der Waals surface area contributed by atoms with Crippen molar-refractivity contribution in [1.29, 1.82) is 0 Å². The fourth-order valence-corrected chi connectivity index (χ4v) is 4.08. The highest BCUT2D eigenvalue weighted by Gasteiger charge is 2.29. The highest BCUT2D eigenvalue weighted by Crippen LogP contribution is 2.29. The summed E-state index contributed by atoms with van der Waals surface area (Å²) in [5.41, 5.74) is 1.37. The Kier molecular flexibility index (Phi) is 10.9. The molecule has 0 radical (unpaired) electrons. The van der Waals surface area contributed by atoms with Crippen LogP contribution in [0, 0.1) is 5.21 Å².